The van der Waals surface area contributed by atoms with E-state index in [-0.39, 0.29) is 25.5 Å². The van der Waals surface area contributed by atoms with Gasteiger partial charge in [-0.1, -0.05) is 0 Å². The summed E-state index contributed by atoms with van der Waals surface area (Å²) in [5.41, 5.74) is 4.96. The second-order valence-corrected chi connectivity index (χ2v) is 3.36. The second-order valence-electron chi connectivity index (χ2n) is 1.60. The Morgan fingerprint density at radius 3 is 2.50 bits per heavy atom. The highest BCUT2D eigenvalue weighted by molar-refractivity contribution is 7.86. The lowest BCUT2D eigenvalue weighted by atomic mass is 10.8. The highest BCUT2D eigenvalue weighted by Crippen LogP contribution is 1.89. The van der Waals surface area contributed by atoms with E-state index in [1.165, 1.54) is 0 Å². The molecule has 0 heterocycles. The smallest absolute Gasteiger partial charge is 0.268 e. The average Bonchev–Trinajstić information content (AvgIpc) is 1.84. The quantitative estimate of drug-likeness (QED) is 0.478. The minimum Gasteiger partial charge on any atom is -0.394 e. The molecule has 0 spiro atoms. The van der Waals surface area contributed by atoms with E-state index in [0.29, 0.717) is 0 Å². The highest BCUT2D eigenvalue weighted by Gasteiger charge is 2.07. The first-order valence-electron chi connectivity index (χ1n) is 2.80. The van der Waals surface area contributed by atoms with Gasteiger partial charge in [0.05, 0.1) is 19.0 Å². The third-order valence-electron chi connectivity index (χ3n) is 0.722. The predicted octanol–water partition coefficient (Wildman–Crippen LogP) is -1.72. The Morgan fingerprint density at radius 2 is 2.10 bits per heavy atom. The lowest BCUT2D eigenvalue weighted by Crippen LogP contribution is -2.19. The fraction of sp³-hybridized carbons (Fsp3) is 1.00. The van der Waals surface area contributed by atoms with Crippen molar-refractivity contribution in [3.05, 3.63) is 0 Å². The van der Waals surface area contributed by atoms with Crippen LogP contribution in [0.1, 0.15) is 0 Å². The molecule has 0 aliphatic carbocycles. The van der Waals surface area contributed by atoms with Crippen LogP contribution in [0, 0.1) is 0 Å². The van der Waals surface area contributed by atoms with Crippen LogP contribution in [0.4, 0.5) is 0 Å². The molecule has 0 aliphatic heterocycles. The molecule has 6 heteroatoms. The van der Waals surface area contributed by atoms with E-state index in [0.717, 1.165) is 0 Å². The minimum atomic E-state index is -3.48. The van der Waals surface area contributed by atoms with Gasteiger partial charge in [-0.15, -0.1) is 0 Å². The van der Waals surface area contributed by atoms with Crippen molar-refractivity contribution in [2.75, 3.05) is 25.5 Å². The molecule has 0 aromatic rings. The molecule has 0 aromatic heterocycles. The second kappa shape index (κ2) is 4.62. The summed E-state index contributed by atoms with van der Waals surface area (Å²) < 4.78 is 25.4. The van der Waals surface area contributed by atoms with Gasteiger partial charge >= 0.3 is 0 Å². The normalized spacial score (nSPS) is 11.8. The number of aliphatic hydroxyl groups is 1. The molecule has 5 nitrogen and oxygen atoms in total. The Labute approximate surface area is 59.9 Å². The molecule has 0 atom stereocenters. The summed E-state index contributed by atoms with van der Waals surface area (Å²) in [6, 6.07) is 0. The van der Waals surface area contributed by atoms with Crippen molar-refractivity contribution in [1.82, 2.24) is 0 Å². The van der Waals surface area contributed by atoms with Gasteiger partial charge in [0, 0.05) is 6.54 Å². The molecule has 0 radical (unpaired) electrons. The molecule has 0 aliphatic rings. The van der Waals surface area contributed by atoms with Crippen LogP contribution in [0.5, 0.6) is 0 Å². The molecule has 0 amide bonds. The van der Waals surface area contributed by atoms with Crippen LogP contribution in [0.25, 0.3) is 0 Å². The van der Waals surface area contributed by atoms with E-state index in [1.807, 2.05) is 0 Å². The maximum atomic E-state index is 10.6. The van der Waals surface area contributed by atoms with Crippen LogP contribution in [0.2, 0.25) is 0 Å². The Kier molecular flexibility index (Phi) is 4.54. The molecule has 62 valence electrons. The maximum absolute atomic E-state index is 10.6. The fourth-order valence-electron chi connectivity index (χ4n) is 0.367. The van der Waals surface area contributed by atoms with Gasteiger partial charge in [0.1, 0.15) is 0 Å². The summed E-state index contributed by atoms with van der Waals surface area (Å²) in [6.45, 7) is -0.458. The molecule has 0 rings (SSSR count). The molecule has 0 unspecified atom stereocenters. The van der Waals surface area contributed by atoms with E-state index in [9.17, 15) is 8.42 Å². The van der Waals surface area contributed by atoms with Crippen molar-refractivity contribution in [3.8, 4) is 0 Å². The zero-order valence-electron chi connectivity index (χ0n) is 5.49. The van der Waals surface area contributed by atoms with Crippen molar-refractivity contribution in [2.45, 2.75) is 0 Å². The SMILES string of the molecule is NCCS(=O)(=O)OCCO. The largest absolute Gasteiger partial charge is 0.394 e. The molecule has 0 bridgehead atoms. The van der Waals surface area contributed by atoms with Gasteiger partial charge in [0.2, 0.25) is 0 Å². The van der Waals surface area contributed by atoms with Crippen LogP contribution >= 0.6 is 0 Å². The highest BCUT2D eigenvalue weighted by atomic mass is 32.2. The molecule has 3 N–H and O–H groups in total. The summed E-state index contributed by atoms with van der Waals surface area (Å²) in [4.78, 5) is 0. The molecule has 10 heavy (non-hydrogen) atoms. The molecule has 0 saturated heterocycles. The standard InChI is InChI=1S/C4H11NO4S/c5-1-4-10(7,8)9-3-2-6/h6H,1-5H2. The Balaban J connectivity index is 3.65. The predicted molar refractivity (Wildman–Crippen MR) is 35.9 cm³/mol. The van der Waals surface area contributed by atoms with Crippen molar-refractivity contribution in [3.63, 3.8) is 0 Å². The number of rotatable bonds is 5. The minimum absolute atomic E-state index is 0.0355. The number of nitrogens with two attached hydrogens (primary N) is 1. The third kappa shape index (κ3) is 4.68. The Hall–Kier alpha value is -0.170. The topological polar surface area (TPSA) is 89.6 Å². The van der Waals surface area contributed by atoms with Crippen LogP contribution in [0.3, 0.4) is 0 Å². The van der Waals surface area contributed by atoms with Gasteiger partial charge in [-0.25, -0.2) is 0 Å². The van der Waals surface area contributed by atoms with Crippen LogP contribution in [0.15, 0.2) is 0 Å². The first kappa shape index (κ1) is 9.83. The number of aliphatic hydroxyl groups excluding tert-OH is 1. The zero-order valence-corrected chi connectivity index (χ0v) is 6.30. The van der Waals surface area contributed by atoms with E-state index in [2.05, 4.69) is 4.18 Å². The van der Waals surface area contributed by atoms with Crippen LogP contribution in [-0.2, 0) is 14.3 Å². The van der Waals surface area contributed by atoms with Gasteiger partial charge in [-0.2, -0.15) is 8.42 Å². The number of hydrogen-bond acceptors (Lipinski definition) is 5. The Morgan fingerprint density at radius 1 is 1.50 bits per heavy atom. The summed E-state index contributed by atoms with van der Waals surface area (Å²) in [5.74, 6) is -0.201. The van der Waals surface area contributed by atoms with Crippen LogP contribution in [-0.4, -0.2) is 39.0 Å². The van der Waals surface area contributed by atoms with Crippen molar-refractivity contribution >= 4 is 10.1 Å². The first-order valence-corrected chi connectivity index (χ1v) is 4.38. The average molecular weight is 169 g/mol. The van der Waals surface area contributed by atoms with Gasteiger partial charge in [-0.3, -0.25) is 4.18 Å². The van der Waals surface area contributed by atoms with Gasteiger partial charge < -0.3 is 10.8 Å². The first-order chi connectivity index (χ1) is 4.62. The summed E-state index contributed by atoms with van der Waals surface area (Å²) >= 11 is 0. The van der Waals surface area contributed by atoms with Crippen LogP contribution < -0.4 is 5.73 Å². The maximum Gasteiger partial charge on any atom is 0.268 e. The zero-order chi connectivity index (χ0) is 8.04. The van der Waals surface area contributed by atoms with Gasteiger partial charge in [0.25, 0.3) is 10.1 Å². The molecule has 0 fully saturated rings. The molecule has 0 aromatic carbocycles. The summed E-state index contributed by atoms with van der Waals surface area (Å²) in [6.07, 6.45) is 0. The van der Waals surface area contributed by atoms with Gasteiger partial charge in [0.15, 0.2) is 0 Å². The van der Waals surface area contributed by atoms with E-state index in [4.69, 9.17) is 10.8 Å². The lowest BCUT2D eigenvalue weighted by Gasteiger charge is -2.00. The van der Waals surface area contributed by atoms with Crippen molar-refractivity contribution in [2.24, 2.45) is 5.73 Å². The number of hydrogen-bond donors (Lipinski definition) is 2. The fourth-order valence-corrected chi connectivity index (χ4v) is 1.10. The Bertz CT molecular complexity index is 164. The molecular weight excluding hydrogens is 158 g/mol. The lowest BCUT2D eigenvalue weighted by molar-refractivity contribution is 0.205. The van der Waals surface area contributed by atoms with E-state index >= 15 is 0 Å². The molecule has 0 saturated carbocycles. The summed E-state index contributed by atoms with van der Waals surface area (Å²) in [5, 5.41) is 8.18. The van der Waals surface area contributed by atoms with Gasteiger partial charge in [-0.05, 0) is 0 Å². The van der Waals surface area contributed by atoms with Crippen molar-refractivity contribution in [1.29, 1.82) is 0 Å². The monoisotopic (exact) mass is 169 g/mol. The van der Waals surface area contributed by atoms with Crippen molar-refractivity contribution < 1.29 is 17.7 Å². The molecular formula is C4H11NO4S. The van der Waals surface area contributed by atoms with E-state index < -0.39 is 10.1 Å². The summed E-state index contributed by atoms with van der Waals surface area (Å²) in [7, 11) is -3.48. The third-order valence-corrected chi connectivity index (χ3v) is 1.98. The van der Waals surface area contributed by atoms with E-state index in [1.54, 1.807) is 0 Å².